The highest BCUT2D eigenvalue weighted by molar-refractivity contribution is 5.93. The van der Waals surface area contributed by atoms with Gasteiger partial charge in [0.15, 0.2) is 0 Å². The van der Waals surface area contributed by atoms with Crippen molar-refractivity contribution in [3.63, 3.8) is 0 Å². The van der Waals surface area contributed by atoms with Crippen molar-refractivity contribution in [2.45, 2.75) is 26.3 Å². The van der Waals surface area contributed by atoms with Crippen molar-refractivity contribution < 1.29 is 9.90 Å². The molecule has 4 nitrogen and oxygen atoms in total. The Labute approximate surface area is 114 Å². The second-order valence-electron chi connectivity index (χ2n) is 5.43. The fourth-order valence-corrected chi connectivity index (χ4v) is 2.71. The van der Waals surface area contributed by atoms with E-state index in [-0.39, 0.29) is 12.5 Å². The molecule has 0 aliphatic carbocycles. The van der Waals surface area contributed by atoms with Crippen LogP contribution in [0.3, 0.4) is 0 Å². The number of likely N-dealkylation sites (tertiary alicyclic amines) is 1. The molecule has 0 bridgehead atoms. The molecule has 1 saturated heterocycles. The van der Waals surface area contributed by atoms with Crippen molar-refractivity contribution in [2.75, 3.05) is 19.7 Å². The first kappa shape index (κ1) is 14.0. The SMILES string of the molecule is Cc1cc(C(N)=O)ccc1CN1CCCC(CO)C1. The molecule has 0 radical (unpaired) electrons. The molecule has 1 unspecified atom stereocenters. The molecule has 0 aromatic heterocycles. The maximum Gasteiger partial charge on any atom is 0.248 e. The highest BCUT2D eigenvalue weighted by Crippen LogP contribution is 2.20. The fourth-order valence-electron chi connectivity index (χ4n) is 2.71. The summed E-state index contributed by atoms with van der Waals surface area (Å²) in [5.74, 6) is 0.0203. The number of carbonyl (C=O) groups is 1. The van der Waals surface area contributed by atoms with E-state index in [9.17, 15) is 9.90 Å². The van der Waals surface area contributed by atoms with E-state index in [0.717, 1.165) is 38.0 Å². The third kappa shape index (κ3) is 3.55. The smallest absolute Gasteiger partial charge is 0.248 e. The number of rotatable bonds is 4. The van der Waals surface area contributed by atoms with E-state index in [2.05, 4.69) is 4.90 Å². The van der Waals surface area contributed by atoms with Gasteiger partial charge in [0, 0.05) is 25.3 Å². The third-order valence-electron chi connectivity index (χ3n) is 3.88. The number of aliphatic hydroxyl groups excluding tert-OH is 1. The van der Waals surface area contributed by atoms with Crippen LogP contribution in [-0.2, 0) is 6.54 Å². The summed E-state index contributed by atoms with van der Waals surface area (Å²) in [4.78, 5) is 13.5. The number of benzene rings is 1. The summed E-state index contributed by atoms with van der Waals surface area (Å²) in [7, 11) is 0. The normalized spacial score (nSPS) is 20.4. The van der Waals surface area contributed by atoms with Crippen LogP contribution in [0.1, 0.15) is 34.3 Å². The lowest BCUT2D eigenvalue weighted by atomic mass is 9.97. The molecule has 1 atom stereocenters. The molecule has 1 fully saturated rings. The standard InChI is InChI=1S/C15H22N2O2/c1-11-7-13(15(16)19)4-5-14(11)9-17-6-2-3-12(8-17)10-18/h4-5,7,12,18H,2-3,6,8-10H2,1H3,(H2,16,19). The highest BCUT2D eigenvalue weighted by Gasteiger charge is 2.19. The van der Waals surface area contributed by atoms with Gasteiger partial charge in [-0.2, -0.15) is 0 Å². The number of hydrogen-bond donors (Lipinski definition) is 2. The number of piperidine rings is 1. The Kier molecular flexibility index (Phi) is 4.56. The van der Waals surface area contributed by atoms with E-state index in [1.807, 2.05) is 19.1 Å². The average molecular weight is 262 g/mol. The summed E-state index contributed by atoms with van der Waals surface area (Å²) >= 11 is 0. The zero-order valence-electron chi connectivity index (χ0n) is 11.4. The minimum Gasteiger partial charge on any atom is -0.396 e. The van der Waals surface area contributed by atoms with Crippen LogP contribution in [0.4, 0.5) is 0 Å². The van der Waals surface area contributed by atoms with Crippen LogP contribution in [0, 0.1) is 12.8 Å². The molecule has 104 valence electrons. The predicted octanol–water partition coefficient (Wildman–Crippen LogP) is 1.30. The molecule has 1 aliphatic rings. The number of nitrogens with two attached hydrogens (primary N) is 1. The van der Waals surface area contributed by atoms with Crippen molar-refractivity contribution in [3.8, 4) is 0 Å². The zero-order chi connectivity index (χ0) is 13.8. The summed E-state index contributed by atoms with van der Waals surface area (Å²) in [5.41, 5.74) is 8.16. The summed E-state index contributed by atoms with van der Waals surface area (Å²) in [6, 6.07) is 5.63. The van der Waals surface area contributed by atoms with Crippen molar-refractivity contribution in [1.29, 1.82) is 0 Å². The highest BCUT2D eigenvalue weighted by atomic mass is 16.3. The van der Waals surface area contributed by atoms with Crippen LogP contribution >= 0.6 is 0 Å². The van der Waals surface area contributed by atoms with Gasteiger partial charge in [0.2, 0.25) is 5.91 Å². The first-order valence-electron chi connectivity index (χ1n) is 6.82. The van der Waals surface area contributed by atoms with Crippen molar-refractivity contribution in [2.24, 2.45) is 11.7 Å². The van der Waals surface area contributed by atoms with E-state index in [1.165, 1.54) is 5.56 Å². The lowest BCUT2D eigenvalue weighted by Crippen LogP contribution is -2.36. The van der Waals surface area contributed by atoms with E-state index >= 15 is 0 Å². The van der Waals surface area contributed by atoms with Gasteiger partial charge in [0.05, 0.1) is 0 Å². The van der Waals surface area contributed by atoms with Gasteiger partial charge in [-0.25, -0.2) is 0 Å². The van der Waals surface area contributed by atoms with E-state index < -0.39 is 0 Å². The van der Waals surface area contributed by atoms with Gasteiger partial charge in [-0.15, -0.1) is 0 Å². The number of aliphatic hydroxyl groups is 1. The van der Waals surface area contributed by atoms with Gasteiger partial charge in [-0.3, -0.25) is 9.69 Å². The van der Waals surface area contributed by atoms with E-state index in [4.69, 9.17) is 5.73 Å². The summed E-state index contributed by atoms with van der Waals surface area (Å²) in [6.07, 6.45) is 2.26. The van der Waals surface area contributed by atoms with Gasteiger partial charge in [0.25, 0.3) is 0 Å². The lowest BCUT2D eigenvalue weighted by molar-refractivity contribution is 0.1000. The minimum atomic E-state index is -0.382. The minimum absolute atomic E-state index is 0.274. The second kappa shape index (κ2) is 6.17. The maximum atomic E-state index is 11.1. The van der Waals surface area contributed by atoms with Crippen LogP contribution in [0.25, 0.3) is 0 Å². The zero-order valence-corrected chi connectivity index (χ0v) is 11.4. The number of primary amides is 1. The summed E-state index contributed by atoms with van der Waals surface area (Å²) in [5, 5.41) is 9.25. The van der Waals surface area contributed by atoms with E-state index in [1.54, 1.807) is 6.07 Å². The van der Waals surface area contributed by atoms with Gasteiger partial charge in [0.1, 0.15) is 0 Å². The molecule has 19 heavy (non-hydrogen) atoms. The molecule has 1 amide bonds. The van der Waals surface area contributed by atoms with Crippen LogP contribution in [0.15, 0.2) is 18.2 Å². The monoisotopic (exact) mass is 262 g/mol. The summed E-state index contributed by atoms with van der Waals surface area (Å²) in [6.45, 7) is 5.19. The van der Waals surface area contributed by atoms with Crippen molar-refractivity contribution >= 4 is 5.91 Å². The molecular weight excluding hydrogens is 240 g/mol. The Balaban J connectivity index is 2.04. The number of nitrogens with zero attached hydrogens (tertiary/aromatic N) is 1. The van der Waals surface area contributed by atoms with E-state index in [0.29, 0.717) is 11.5 Å². The third-order valence-corrected chi connectivity index (χ3v) is 3.88. The molecule has 1 aromatic rings. The molecule has 3 N–H and O–H groups in total. The van der Waals surface area contributed by atoms with Crippen molar-refractivity contribution in [1.82, 2.24) is 4.90 Å². The number of amides is 1. The predicted molar refractivity (Wildman–Crippen MR) is 74.8 cm³/mol. The first-order chi connectivity index (χ1) is 9.10. The quantitative estimate of drug-likeness (QED) is 0.859. The lowest BCUT2D eigenvalue weighted by Gasteiger charge is -2.32. The van der Waals surface area contributed by atoms with Gasteiger partial charge < -0.3 is 10.8 Å². The largest absolute Gasteiger partial charge is 0.396 e. The molecule has 1 heterocycles. The van der Waals surface area contributed by atoms with Crippen molar-refractivity contribution in [3.05, 3.63) is 34.9 Å². The maximum absolute atomic E-state index is 11.1. The van der Waals surface area contributed by atoms with Gasteiger partial charge in [-0.05, 0) is 55.5 Å². The van der Waals surface area contributed by atoms with Crippen LogP contribution in [0.5, 0.6) is 0 Å². The number of carbonyl (C=O) groups excluding carboxylic acids is 1. The first-order valence-corrected chi connectivity index (χ1v) is 6.82. The molecule has 0 spiro atoms. The van der Waals surface area contributed by atoms with Crippen LogP contribution < -0.4 is 5.73 Å². The Bertz CT molecular complexity index is 459. The summed E-state index contributed by atoms with van der Waals surface area (Å²) < 4.78 is 0. The molecule has 2 rings (SSSR count). The Morgan fingerprint density at radius 1 is 1.53 bits per heavy atom. The molecular formula is C15H22N2O2. The topological polar surface area (TPSA) is 66.6 Å². The van der Waals surface area contributed by atoms with Crippen LogP contribution in [-0.4, -0.2) is 35.6 Å². The number of aryl methyl sites for hydroxylation is 1. The van der Waals surface area contributed by atoms with Crippen LogP contribution in [0.2, 0.25) is 0 Å². The van der Waals surface area contributed by atoms with Gasteiger partial charge in [-0.1, -0.05) is 6.07 Å². The molecule has 1 aliphatic heterocycles. The Morgan fingerprint density at radius 3 is 2.95 bits per heavy atom. The molecule has 1 aromatic carbocycles. The average Bonchev–Trinajstić information content (AvgIpc) is 2.41. The van der Waals surface area contributed by atoms with Gasteiger partial charge >= 0.3 is 0 Å². The molecule has 0 saturated carbocycles. The molecule has 4 heteroatoms. The Morgan fingerprint density at radius 2 is 2.32 bits per heavy atom. The Hall–Kier alpha value is -1.39. The fraction of sp³-hybridized carbons (Fsp3) is 0.533. The number of hydrogen-bond acceptors (Lipinski definition) is 3. The second-order valence-corrected chi connectivity index (χ2v) is 5.43.